The second-order valence-electron chi connectivity index (χ2n) is 4.42. The third-order valence-electron chi connectivity index (χ3n) is 3.07. The first-order valence-electron chi connectivity index (χ1n) is 6.39. The maximum absolute atomic E-state index is 12.2. The zero-order valence-corrected chi connectivity index (χ0v) is 13.0. The molecule has 0 aromatic carbocycles. The lowest BCUT2D eigenvalue weighted by Gasteiger charge is -2.03. The quantitative estimate of drug-likeness (QED) is 0.790. The minimum absolute atomic E-state index is 0.0507. The van der Waals surface area contributed by atoms with Gasteiger partial charge in [0.25, 0.3) is 0 Å². The van der Waals surface area contributed by atoms with Crippen molar-refractivity contribution in [3.05, 3.63) is 39.5 Å². The molecule has 19 heavy (non-hydrogen) atoms. The van der Waals surface area contributed by atoms with Crippen molar-refractivity contribution in [3.63, 3.8) is 0 Å². The number of ketones is 1. The number of carbonyl (C=O) groups excluding carboxylic acids is 1. The maximum atomic E-state index is 12.2. The fourth-order valence-corrected chi connectivity index (χ4v) is 2.73. The van der Waals surface area contributed by atoms with Gasteiger partial charge < -0.3 is 4.42 Å². The molecule has 2 heterocycles. The summed E-state index contributed by atoms with van der Waals surface area (Å²) < 4.78 is 8.01. The lowest BCUT2D eigenvalue weighted by molar-refractivity contribution is 0.0989. The Kier molecular flexibility index (Phi) is 4.24. The van der Waals surface area contributed by atoms with Crippen molar-refractivity contribution in [2.75, 3.05) is 0 Å². The average molecular weight is 325 g/mol. The molecule has 4 nitrogen and oxygen atoms in total. The van der Waals surface area contributed by atoms with Gasteiger partial charge in [0.05, 0.1) is 27.8 Å². The number of aryl methyl sites for hydroxylation is 3. The van der Waals surface area contributed by atoms with Crippen LogP contribution in [0.5, 0.6) is 0 Å². The SMILES string of the molecule is CCc1nn(CC)c(CC(=O)c2coc(C)c2)c1Br. The highest BCUT2D eigenvalue weighted by Crippen LogP contribution is 2.24. The molecule has 0 bridgehead atoms. The molecule has 0 spiro atoms. The summed E-state index contributed by atoms with van der Waals surface area (Å²) in [6, 6.07) is 1.77. The van der Waals surface area contributed by atoms with Crippen LogP contribution in [-0.4, -0.2) is 15.6 Å². The Labute approximate surface area is 120 Å². The smallest absolute Gasteiger partial charge is 0.172 e. The Balaban J connectivity index is 2.28. The van der Waals surface area contributed by atoms with Gasteiger partial charge in [0, 0.05) is 6.54 Å². The standard InChI is InChI=1S/C14H17BrN2O2/c1-4-11-14(15)12(17(5-2)16-11)7-13(18)10-6-9(3)19-8-10/h6,8H,4-5,7H2,1-3H3. The third kappa shape index (κ3) is 2.81. The number of halogens is 1. The highest BCUT2D eigenvalue weighted by Gasteiger charge is 2.18. The third-order valence-corrected chi connectivity index (χ3v) is 3.99. The second-order valence-corrected chi connectivity index (χ2v) is 5.22. The van der Waals surface area contributed by atoms with Gasteiger partial charge in [0.2, 0.25) is 0 Å². The molecule has 2 aromatic rings. The summed E-state index contributed by atoms with van der Waals surface area (Å²) in [5, 5.41) is 4.49. The fraction of sp³-hybridized carbons (Fsp3) is 0.429. The Morgan fingerprint density at radius 2 is 2.21 bits per heavy atom. The molecule has 102 valence electrons. The van der Waals surface area contributed by atoms with Crippen molar-refractivity contribution >= 4 is 21.7 Å². The molecule has 0 aliphatic rings. The van der Waals surface area contributed by atoms with Crippen LogP contribution in [0.15, 0.2) is 21.2 Å². The zero-order chi connectivity index (χ0) is 14.0. The summed E-state index contributed by atoms with van der Waals surface area (Å²) >= 11 is 3.55. The van der Waals surface area contributed by atoms with Gasteiger partial charge in [-0.25, -0.2) is 0 Å². The van der Waals surface area contributed by atoms with E-state index >= 15 is 0 Å². The van der Waals surface area contributed by atoms with Gasteiger partial charge in [-0.3, -0.25) is 9.48 Å². The van der Waals surface area contributed by atoms with Crippen LogP contribution >= 0.6 is 15.9 Å². The summed E-state index contributed by atoms with van der Waals surface area (Å²) in [6.07, 6.45) is 2.69. The van der Waals surface area contributed by atoms with E-state index < -0.39 is 0 Å². The molecule has 5 heteroatoms. The fourth-order valence-electron chi connectivity index (χ4n) is 2.03. The second kappa shape index (κ2) is 5.74. The molecule has 2 aromatic heterocycles. The number of hydrogen-bond donors (Lipinski definition) is 0. The van der Waals surface area contributed by atoms with Gasteiger partial charge in [-0.05, 0) is 42.3 Å². The van der Waals surface area contributed by atoms with Crippen LogP contribution in [0, 0.1) is 6.92 Å². The summed E-state index contributed by atoms with van der Waals surface area (Å²) in [6.45, 7) is 6.66. The molecule has 0 saturated carbocycles. The molecule has 0 N–H and O–H groups in total. The monoisotopic (exact) mass is 324 g/mol. The Hall–Kier alpha value is -1.36. The lowest BCUT2D eigenvalue weighted by Crippen LogP contribution is -2.09. The highest BCUT2D eigenvalue weighted by atomic mass is 79.9. The first kappa shape index (κ1) is 14.1. The van der Waals surface area contributed by atoms with Gasteiger partial charge in [0.15, 0.2) is 5.78 Å². The van der Waals surface area contributed by atoms with E-state index in [1.807, 2.05) is 18.5 Å². The Bertz CT molecular complexity index is 599. The first-order chi connectivity index (χ1) is 9.06. The number of carbonyl (C=O) groups is 1. The summed E-state index contributed by atoms with van der Waals surface area (Å²) in [5.74, 6) is 0.801. The average Bonchev–Trinajstić information content (AvgIpc) is 2.95. The number of rotatable bonds is 5. The van der Waals surface area contributed by atoms with Gasteiger partial charge in [-0.2, -0.15) is 5.10 Å². The van der Waals surface area contributed by atoms with Crippen LogP contribution < -0.4 is 0 Å². The van der Waals surface area contributed by atoms with Crippen molar-refractivity contribution in [1.82, 2.24) is 9.78 Å². The predicted molar refractivity (Wildman–Crippen MR) is 76.5 cm³/mol. The molecule has 0 atom stereocenters. The van der Waals surface area contributed by atoms with Gasteiger partial charge in [0.1, 0.15) is 12.0 Å². The summed E-state index contributed by atoms with van der Waals surface area (Å²) in [5.41, 5.74) is 2.54. The van der Waals surface area contributed by atoms with Crippen LogP contribution in [0.3, 0.4) is 0 Å². The molecule has 2 rings (SSSR count). The molecule has 0 unspecified atom stereocenters. The number of Topliss-reactive ketones (excluding diaryl/α,β-unsaturated/α-hetero) is 1. The van der Waals surface area contributed by atoms with Crippen LogP contribution in [-0.2, 0) is 19.4 Å². The van der Waals surface area contributed by atoms with Gasteiger partial charge in [-0.1, -0.05) is 6.92 Å². The van der Waals surface area contributed by atoms with Crippen LogP contribution in [0.4, 0.5) is 0 Å². The molecular formula is C14H17BrN2O2. The van der Waals surface area contributed by atoms with Crippen molar-refractivity contribution in [2.45, 2.75) is 40.2 Å². The van der Waals surface area contributed by atoms with Crippen molar-refractivity contribution in [1.29, 1.82) is 0 Å². The van der Waals surface area contributed by atoms with Crippen LogP contribution in [0.25, 0.3) is 0 Å². The highest BCUT2D eigenvalue weighted by molar-refractivity contribution is 9.10. The molecule has 0 amide bonds. The van der Waals surface area contributed by atoms with Gasteiger partial charge >= 0.3 is 0 Å². The molecule has 0 saturated heterocycles. The maximum Gasteiger partial charge on any atom is 0.172 e. The van der Waals surface area contributed by atoms with E-state index in [-0.39, 0.29) is 5.78 Å². The van der Waals surface area contributed by atoms with E-state index in [9.17, 15) is 4.79 Å². The van der Waals surface area contributed by atoms with Crippen molar-refractivity contribution < 1.29 is 9.21 Å². The van der Waals surface area contributed by atoms with Crippen LogP contribution in [0.1, 0.15) is 41.4 Å². The van der Waals surface area contributed by atoms with E-state index in [2.05, 4.69) is 28.0 Å². The largest absolute Gasteiger partial charge is 0.469 e. The predicted octanol–water partition coefficient (Wildman–Crippen LogP) is 3.55. The van der Waals surface area contributed by atoms with E-state index in [0.717, 1.165) is 34.6 Å². The van der Waals surface area contributed by atoms with Crippen molar-refractivity contribution in [2.24, 2.45) is 0 Å². The van der Waals surface area contributed by atoms with E-state index in [0.29, 0.717) is 12.0 Å². The number of nitrogens with zero attached hydrogens (tertiary/aromatic N) is 2. The molecule has 0 fully saturated rings. The van der Waals surface area contributed by atoms with Crippen molar-refractivity contribution in [3.8, 4) is 0 Å². The Morgan fingerprint density at radius 3 is 2.74 bits per heavy atom. The van der Waals surface area contributed by atoms with E-state index in [4.69, 9.17) is 4.42 Å². The Morgan fingerprint density at radius 1 is 1.47 bits per heavy atom. The van der Waals surface area contributed by atoms with Crippen LogP contribution in [0.2, 0.25) is 0 Å². The normalized spacial score (nSPS) is 10.9. The molecule has 0 radical (unpaired) electrons. The summed E-state index contributed by atoms with van der Waals surface area (Å²) in [7, 11) is 0. The lowest BCUT2D eigenvalue weighted by atomic mass is 10.1. The van der Waals surface area contributed by atoms with E-state index in [1.54, 1.807) is 6.07 Å². The number of furan rings is 1. The molecule has 0 aliphatic carbocycles. The number of hydrogen-bond acceptors (Lipinski definition) is 3. The minimum atomic E-state index is 0.0507. The zero-order valence-electron chi connectivity index (χ0n) is 11.4. The molecule has 0 aliphatic heterocycles. The number of aromatic nitrogens is 2. The minimum Gasteiger partial charge on any atom is -0.469 e. The van der Waals surface area contributed by atoms with Gasteiger partial charge in [-0.15, -0.1) is 0 Å². The summed E-state index contributed by atoms with van der Waals surface area (Å²) in [4.78, 5) is 12.2. The first-order valence-corrected chi connectivity index (χ1v) is 7.18. The van der Waals surface area contributed by atoms with E-state index in [1.165, 1.54) is 6.26 Å². The molecular weight excluding hydrogens is 308 g/mol. The topological polar surface area (TPSA) is 48.0 Å².